The number of halogens is 1. The van der Waals surface area contributed by atoms with Crippen molar-refractivity contribution in [2.24, 2.45) is 0 Å². The second-order valence-electron chi connectivity index (χ2n) is 5.23. The summed E-state index contributed by atoms with van der Waals surface area (Å²) in [6, 6.07) is 6.43. The summed E-state index contributed by atoms with van der Waals surface area (Å²) in [5.41, 5.74) is 1.04. The van der Waals surface area contributed by atoms with Gasteiger partial charge in [0.1, 0.15) is 0 Å². The number of amides is 1. The van der Waals surface area contributed by atoms with Gasteiger partial charge in [0.25, 0.3) is 5.69 Å². The first-order chi connectivity index (χ1) is 10.1. The minimum atomic E-state index is -0.415. The molecule has 22 heavy (non-hydrogen) atoms. The fourth-order valence-electron chi connectivity index (χ4n) is 2.34. The largest absolute Gasteiger partial charge is 0.339 e. The van der Waals surface area contributed by atoms with Gasteiger partial charge in [0.15, 0.2) is 0 Å². The Morgan fingerprint density at radius 2 is 1.91 bits per heavy atom. The van der Waals surface area contributed by atoms with E-state index in [1.54, 1.807) is 12.1 Å². The molecular formula is C14H21ClN4O3. The molecule has 1 aromatic rings. The van der Waals surface area contributed by atoms with E-state index in [0.29, 0.717) is 13.1 Å². The zero-order valence-electron chi connectivity index (χ0n) is 12.5. The Morgan fingerprint density at radius 3 is 2.45 bits per heavy atom. The number of likely N-dealkylation sites (N-methyl/N-ethyl adjacent to an activating group) is 1. The topological polar surface area (TPSA) is 78.7 Å². The number of non-ortho nitro benzene ring substituents is 1. The molecule has 0 radical (unpaired) electrons. The number of rotatable bonds is 5. The summed E-state index contributed by atoms with van der Waals surface area (Å²) >= 11 is 0. The Labute approximate surface area is 135 Å². The van der Waals surface area contributed by atoms with Crippen LogP contribution in [0.2, 0.25) is 0 Å². The second kappa shape index (κ2) is 8.67. The van der Waals surface area contributed by atoms with Gasteiger partial charge in [-0.3, -0.25) is 19.8 Å². The first-order valence-corrected chi connectivity index (χ1v) is 6.96. The molecule has 0 atom stereocenters. The highest BCUT2D eigenvalue weighted by Gasteiger charge is 2.17. The molecule has 0 spiro atoms. The number of hydrogen-bond acceptors (Lipinski definition) is 5. The predicted octanol–water partition coefficient (Wildman–Crippen LogP) is 0.880. The fourth-order valence-corrected chi connectivity index (χ4v) is 2.34. The van der Waals surface area contributed by atoms with Crippen LogP contribution in [0.15, 0.2) is 24.3 Å². The molecule has 7 nitrogen and oxygen atoms in total. The number of benzene rings is 1. The SMILES string of the molecule is CN(CC(=O)N1CCNCC1)Cc1ccc([N+](=O)[O-])cc1.Cl. The molecule has 1 fully saturated rings. The minimum absolute atomic E-state index is 0. The Morgan fingerprint density at radius 1 is 1.32 bits per heavy atom. The standard InChI is InChI=1S/C14H20N4O3.ClH/c1-16(11-14(19)17-8-6-15-7-9-17)10-12-2-4-13(5-3-12)18(20)21;/h2-5,15H,6-11H2,1H3;1H. The number of nitrogens with one attached hydrogen (secondary N) is 1. The van der Waals surface area contributed by atoms with Crippen LogP contribution in [0.3, 0.4) is 0 Å². The molecule has 1 aliphatic rings. The van der Waals surface area contributed by atoms with Gasteiger partial charge in [0, 0.05) is 44.9 Å². The van der Waals surface area contributed by atoms with Crippen molar-refractivity contribution in [2.45, 2.75) is 6.54 Å². The normalized spacial score (nSPS) is 14.5. The molecule has 0 aromatic heterocycles. The summed E-state index contributed by atoms with van der Waals surface area (Å²) < 4.78 is 0. The lowest BCUT2D eigenvalue weighted by Gasteiger charge is -2.29. The Hall–Kier alpha value is -1.70. The third-order valence-electron chi connectivity index (χ3n) is 3.47. The number of nitrogens with zero attached hydrogens (tertiary/aromatic N) is 3. The maximum atomic E-state index is 12.1. The molecular weight excluding hydrogens is 308 g/mol. The summed E-state index contributed by atoms with van der Waals surface area (Å²) in [5, 5.41) is 13.8. The summed E-state index contributed by atoms with van der Waals surface area (Å²) in [6.07, 6.45) is 0. The van der Waals surface area contributed by atoms with Crippen LogP contribution in [0.4, 0.5) is 5.69 Å². The predicted molar refractivity (Wildman–Crippen MR) is 86.1 cm³/mol. The molecule has 1 N–H and O–H groups in total. The lowest BCUT2D eigenvalue weighted by molar-refractivity contribution is -0.384. The van der Waals surface area contributed by atoms with Crippen molar-refractivity contribution >= 4 is 24.0 Å². The van der Waals surface area contributed by atoms with Crippen molar-refractivity contribution in [3.63, 3.8) is 0 Å². The average Bonchev–Trinajstić information content (AvgIpc) is 2.48. The number of carbonyl (C=O) groups excluding carboxylic acids is 1. The molecule has 122 valence electrons. The highest BCUT2D eigenvalue weighted by molar-refractivity contribution is 5.85. The van der Waals surface area contributed by atoms with Crippen LogP contribution in [0.25, 0.3) is 0 Å². The molecule has 0 unspecified atom stereocenters. The Balaban J connectivity index is 0.00000242. The number of nitro benzene ring substituents is 1. The molecule has 1 saturated heterocycles. The number of carbonyl (C=O) groups is 1. The first-order valence-electron chi connectivity index (χ1n) is 6.96. The van der Waals surface area contributed by atoms with Crippen LogP contribution < -0.4 is 5.32 Å². The van der Waals surface area contributed by atoms with Crippen LogP contribution in [0.5, 0.6) is 0 Å². The molecule has 1 aromatic carbocycles. The maximum absolute atomic E-state index is 12.1. The van der Waals surface area contributed by atoms with Gasteiger partial charge >= 0.3 is 0 Å². The van der Waals surface area contributed by atoms with Crippen LogP contribution in [-0.4, -0.2) is 60.4 Å². The van der Waals surface area contributed by atoms with E-state index in [0.717, 1.165) is 31.7 Å². The van der Waals surface area contributed by atoms with Gasteiger partial charge in [-0.05, 0) is 12.6 Å². The van der Waals surface area contributed by atoms with Crippen LogP contribution >= 0.6 is 12.4 Å². The third-order valence-corrected chi connectivity index (χ3v) is 3.47. The number of hydrogen-bond donors (Lipinski definition) is 1. The van der Waals surface area contributed by atoms with Gasteiger partial charge in [-0.25, -0.2) is 0 Å². The average molecular weight is 329 g/mol. The van der Waals surface area contributed by atoms with E-state index in [1.165, 1.54) is 12.1 Å². The van der Waals surface area contributed by atoms with Crippen molar-refractivity contribution in [1.29, 1.82) is 0 Å². The van der Waals surface area contributed by atoms with Crippen molar-refractivity contribution < 1.29 is 9.72 Å². The zero-order valence-corrected chi connectivity index (χ0v) is 13.3. The molecule has 1 amide bonds. The molecule has 2 rings (SSSR count). The van der Waals surface area contributed by atoms with E-state index in [9.17, 15) is 14.9 Å². The van der Waals surface area contributed by atoms with Crippen LogP contribution in [0.1, 0.15) is 5.56 Å². The van der Waals surface area contributed by atoms with Gasteiger partial charge in [0.2, 0.25) is 5.91 Å². The van der Waals surface area contributed by atoms with Gasteiger partial charge < -0.3 is 10.2 Å². The Kier molecular flexibility index (Phi) is 7.23. The van der Waals surface area contributed by atoms with E-state index in [4.69, 9.17) is 0 Å². The van der Waals surface area contributed by atoms with E-state index in [1.807, 2.05) is 16.8 Å². The lowest BCUT2D eigenvalue weighted by Crippen LogP contribution is -2.49. The monoisotopic (exact) mass is 328 g/mol. The Bertz CT molecular complexity index is 503. The zero-order chi connectivity index (χ0) is 15.2. The molecule has 0 bridgehead atoms. The van der Waals surface area contributed by atoms with Crippen molar-refractivity contribution in [3.8, 4) is 0 Å². The summed E-state index contributed by atoms with van der Waals surface area (Å²) in [7, 11) is 1.88. The summed E-state index contributed by atoms with van der Waals surface area (Å²) in [5.74, 6) is 0.126. The van der Waals surface area contributed by atoms with E-state index in [-0.39, 0.29) is 24.0 Å². The van der Waals surface area contributed by atoms with Crippen molar-refractivity contribution in [2.75, 3.05) is 39.8 Å². The van der Waals surface area contributed by atoms with Crippen LogP contribution in [-0.2, 0) is 11.3 Å². The second-order valence-corrected chi connectivity index (χ2v) is 5.23. The maximum Gasteiger partial charge on any atom is 0.269 e. The first kappa shape index (κ1) is 18.3. The van der Waals surface area contributed by atoms with E-state index < -0.39 is 4.92 Å². The smallest absolute Gasteiger partial charge is 0.269 e. The molecule has 1 heterocycles. The summed E-state index contributed by atoms with van der Waals surface area (Å²) in [4.78, 5) is 26.1. The van der Waals surface area contributed by atoms with E-state index >= 15 is 0 Å². The van der Waals surface area contributed by atoms with Crippen molar-refractivity contribution in [1.82, 2.24) is 15.1 Å². The van der Waals surface area contributed by atoms with Crippen LogP contribution in [0, 0.1) is 10.1 Å². The van der Waals surface area contributed by atoms with E-state index in [2.05, 4.69) is 5.32 Å². The lowest BCUT2D eigenvalue weighted by atomic mass is 10.2. The van der Waals surface area contributed by atoms with Crippen molar-refractivity contribution in [3.05, 3.63) is 39.9 Å². The van der Waals surface area contributed by atoms with Gasteiger partial charge in [-0.2, -0.15) is 0 Å². The highest BCUT2D eigenvalue weighted by atomic mass is 35.5. The van der Waals surface area contributed by atoms with Gasteiger partial charge in [-0.1, -0.05) is 12.1 Å². The molecule has 1 aliphatic heterocycles. The third kappa shape index (κ3) is 5.25. The minimum Gasteiger partial charge on any atom is -0.339 e. The fraction of sp³-hybridized carbons (Fsp3) is 0.500. The summed E-state index contributed by atoms with van der Waals surface area (Å²) in [6.45, 7) is 4.15. The molecule has 8 heteroatoms. The highest BCUT2D eigenvalue weighted by Crippen LogP contribution is 2.13. The van der Waals surface area contributed by atoms with Gasteiger partial charge in [-0.15, -0.1) is 12.4 Å². The molecule has 0 aliphatic carbocycles. The van der Waals surface area contributed by atoms with Gasteiger partial charge in [0.05, 0.1) is 11.5 Å². The quantitative estimate of drug-likeness (QED) is 0.641. The number of nitro groups is 1. The number of piperazine rings is 1. The molecule has 0 saturated carbocycles.